The van der Waals surface area contributed by atoms with Crippen molar-refractivity contribution in [1.82, 2.24) is 19.7 Å². The van der Waals surface area contributed by atoms with E-state index >= 15 is 0 Å². The number of rotatable bonds is 5. The number of nitrogens with two attached hydrogens (primary N) is 1. The van der Waals surface area contributed by atoms with Gasteiger partial charge in [-0.15, -0.1) is 0 Å². The van der Waals surface area contributed by atoms with Gasteiger partial charge >= 0.3 is 0 Å². The highest BCUT2D eigenvalue weighted by atomic mass is 19.1. The zero-order valence-corrected chi connectivity index (χ0v) is 16.6. The van der Waals surface area contributed by atoms with Gasteiger partial charge in [0.15, 0.2) is 5.82 Å². The fraction of sp³-hybridized carbons (Fsp3) is 0.182. The molecule has 31 heavy (non-hydrogen) atoms. The summed E-state index contributed by atoms with van der Waals surface area (Å²) in [5.74, 6) is 0.216. The van der Waals surface area contributed by atoms with E-state index in [1.165, 1.54) is 12.1 Å². The van der Waals surface area contributed by atoms with Crippen molar-refractivity contribution < 1.29 is 9.18 Å². The van der Waals surface area contributed by atoms with Crippen LogP contribution in [0.1, 0.15) is 28.0 Å². The second-order valence-corrected chi connectivity index (χ2v) is 7.37. The Morgan fingerprint density at radius 3 is 2.94 bits per heavy atom. The Hall–Kier alpha value is -4.01. The molecule has 1 amide bonds. The Labute approximate surface area is 177 Å². The molecule has 0 bridgehead atoms. The summed E-state index contributed by atoms with van der Waals surface area (Å²) in [7, 11) is 0. The van der Waals surface area contributed by atoms with Crippen LogP contribution in [0.5, 0.6) is 0 Å². The van der Waals surface area contributed by atoms with Crippen LogP contribution in [0.15, 0.2) is 48.7 Å². The first-order chi connectivity index (χ1) is 15.1. The van der Waals surface area contributed by atoms with Gasteiger partial charge in [0.05, 0.1) is 28.7 Å². The molecule has 0 radical (unpaired) electrons. The zero-order chi connectivity index (χ0) is 21.4. The summed E-state index contributed by atoms with van der Waals surface area (Å²) in [4.78, 5) is 21.2. The molecule has 0 spiro atoms. The van der Waals surface area contributed by atoms with Crippen molar-refractivity contribution in [3.63, 3.8) is 0 Å². The molecule has 8 nitrogen and oxygen atoms in total. The van der Waals surface area contributed by atoms with Crippen molar-refractivity contribution in [2.45, 2.75) is 19.4 Å². The number of carbonyl (C=O) groups is 1. The van der Waals surface area contributed by atoms with Gasteiger partial charge in [0.25, 0.3) is 5.95 Å². The monoisotopic (exact) mass is 417 g/mol. The smallest absolute Gasteiger partial charge is 0.253 e. The molecule has 9 heteroatoms. The molecule has 0 fully saturated rings. The van der Waals surface area contributed by atoms with Gasteiger partial charge in [-0.2, -0.15) is 14.8 Å². The summed E-state index contributed by atoms with van der Waals surface area (Å²) in [6.07, 6.45) is 3.35. The number of aryl methyl sites for hydroxylation is 1. The fourth-order valence-corrected chi connectivity index (χ4v) is 3.81. The van der Waals surface area contributed by atoms with Gasteiger partial charge in [0, 0.05) is 18.5 Å². The number of nitrogens with zero attached hydrogens (tertiary/aromatic N) is 4. The number of primary amides is 1. The molecule has 0 saturated heterocycles. The molecule has 5 rings (SSSR count). The van der Waals surface area contributed by atoms with Gasteiger partial charge in [0.2, 0.25) is 5.91 Å². The number of amides is 1. The standard InChI is InChI=1S/C22H20FN7O/c23-14-5-1-4-13(10-14)11-26-21-19-17(7-3-9-25-19)28-22(29-21)30-18-8-2-6-15(20(24)31)16(18)12-27-30/h1-2,4-6,8,10,12,25H,3,7,9,11H2,(H2,24,31)(H,26,28,29). The average Bonchev–Trinajstić information content (AvgIpc) is 3.21. The van der Waals surface area contributed by atoms with E-state index in [1.807, 2.05) is 12.1 Å². The second kappa shape index (κ2) is 7.67. The highest BCUT2D eigenvalue weighted by Gasteiger charge is 2.20. The van der Waals surface area contributed by atoms with Crippen LogP contribution in [0.3, 0.4) is 0 Å². The Bertz CT molecular complexity index is 1300. The molecular weight excluding hydrogens is 397 g/mol. The summed E-state index contributed by atoms with van der Waals surface area (Å²) < 4.78 is 15.1. The lowest BCUT2D eigenvalue weighted by Gasteiger charge is -2.21. The summed E-state index contributed by atoms with van der Waals surface area (Å²) in [6.45, 7) is 1.24. The molecule has 0 aliphatic carbocycles. The molecule has 4 aromatic rings. The molecule has 2 aromatic heterocycles. The topological polar surface area (TPSA) is 111 Å². The third-order valence-corrected chi connectivity index (χ3v) is 5.28. The number of anilines is 2. The van der Waals surface area contributed by atoms with Gasteiger partial charge in [-0.05, 0) is 42.7 Å². The minimum absolute atomic E-state index is 0.281. The largest absolute Gasteiger partial charge is 0.381 e. The Kier molecular flexibility index (Phi) is 4.70. The highest BCUT2D eigenvalue weighted by molar-refractivity contribution is 6.05. The van der Waals surface area contributed by atoms with Crippen LogP contribution in [0.25, 0.3) is 16.9 Å². The molecule has 1 aliphatic heterocycles. The maximum atomic E-state index is 13.5. The molecule has 156 valence electrons. The quantitative estimate of drug-likeness (QED) is 0.460. The Morgan fingerprint density at radius 2 is 2.10 bits per heavy atom. The van der Waals surface area contributed by atoms with Crippen LogP contribution >= 0.6 is 0 Å². The molecule has 4 N–H and O–H groups in total. The van der Waals surface area contributed by atoms with E-state index in [0.29, 0.717) is 34.8 Å². The van der Waals surface area contributed by atoms with Crippen molar-refractivity contribution in [2.75, 3.05) is 17.2 Å². The van der Waals surface area contributed by atoms with E-state index in [-0.39, 0.29) is 5.82 Å². The molecule has 1 aliphatic rings. The van der Waals surface area contributed by atoms with Gasteiger partial charge in [-0.3, -0.25) is 4.79 Å². The van der Waals surface area contributed by atoms with Gasteiger partial charge in [-0.1, -0.05) is 18.2 Å². The maximum Gasteiger partial charge on any atom is 0.253 e. The lowest BCUT2D eigenvalue weighted by Crippen LogP contribution is -2.19. The van der Waals surface area contributed by atoms with Crippen LogP contribution in [0.4, 0.5) is 15.9 Å². The zero-order valence-electron chi connectivity index (χ0n) is 16.6. The minimum atomic E-state index is -0.516. The number of hydrogen-bond donors (Lipinski definition) is 3. The van der Waals surface area contributed by atoms with Crippen molar-refractivity contribution in [1.29, 1.82) is 0 Å². The number of nitrogens with one attached hydrogen (secondary N) is 2. The number of halogens is 1. The molecular formula is C22H20FN7O. The van der Waals surface area contributed by atoms with E-state index in [9.17, 15) is 9.18 Å². The van der Waals surface area contributed by atoms with Crippen LogP contribution in [-0.2, 0) is 13.0 Å². The lowest BCUT2D eigenvalue weighted by molar-refractivity contribution is 0.100. The summed E-state index contributed by atoms with van der Waals surface area (Å²) in [5.41, 5.74) is 9.12. The average molecular weight is 417 g/mol. The number of aromatic nitrogens is 4. The molecule has 0 unspecified atom stereocenters. The van der Waals surface area contributed by atoms with E-state index in [2.05, 4.69) is 15.7 Å². The molecule has 2 aromatic carbocycles. The minimum Gasteiger partial charge on any atom is -0.381 e. The van der Waals surface area contributed by atoms with Gasteiger partial charge in [-0.25, -0.2) is 9.37 Å². The number of hydrogen-bond acceptors (Lipinski definition) is 6. The normalized spacial score (nSPS) is 12.9. The predicted octanol–water partition coefficient (Wildman–Crippen LogP) is 3.02. The van der Waals surface area contributed by atoms with Crippen molar-refractivity contribution in [3.05, 3.63) is 71.3 Å². The van der Waals surface area contributed by atoms with Crippen molar-refractivity contribution in [3.8, 4) is 5.95 Å². The number of carbonyl (C=O) groups excluding carboxylic acids is 1. The van der Waals surface area contributed by atoms with Gasteiger partial charge < -0.3 is 16.4 Å². The summed E-state index contributed by atoms with van der Waals surface area (Å²) in [5, 5.41) is 11.7. The summed E-state index contributed by atoms with van der Waals surface area (Å²) in [6, 6.07) is 11.7. The van der Waals surface area contributed by atoms with Crippen LogP contribution in [0, 0.1) is 5.82 Å². The van der Waals surface area contributed by atoms with E-state index in [4.69, 9.17) is 15.7 Å². The first kappa shape index (κ1) is 19.0. The summed E-state index contributed by atoms with van der Waals surface area (Å²) >= 11 is 0. The second-order valence-electron chi connectivity index (χ2n) is 7.37. The van der Waals surface area contributed by atoms with E-state index in [1.54, 1.807) is 29.1 Å². The number of benzene rings is 2. The Balaban J connectivity index is 1.57. The maximum absolute atomic E-state index is 13.5. The van der Waals surface area contributed by atoms with Crippen LogP contribution < -0.4 is 16.4 Å². The molecule has 0 atom stereocenters. The first-order valence-corrected chi connectivity index (χ1v) is 10.00. The van der Waals surface area contributed by atoms with Crippen molar-refractivity contribution >= 4 is 28.3 Å². The lowest BCUT2D eigenvalue weighted by atomic mass is 10.1. The SMILES string of the molecule is NC(=O)c1cccc2c1cnn2-c1nc2c(c(NCc3cccc(F)c3)n1)NCCC2. The van der Waals surface area contributed by atoms with Gasteiger partial charge in [0.1, 0.15) is 5.82 Å². The van der Waals surface area contributed by atoms with Crippen molar-refractivity contribution in [2.24, 2.45) is 5.73 Å². The van der Waals surface area contributed by atoms with E-state index < -0.39 is 5.91 Å². The third-order valence-electron chi connectivity index (χ3n) is 5.28. The van der Waals surface area contributed by atoms with E-state index in [0.717, 1.165) is 36.3 Å². The molecule has 3 heterocycles. The fourth-order valence-electron chi connectivity index (χ4n) is 3.81. The highest BCUT2D eigenvalue weighted by Crippen LogP contribution is 2.30. The number of fused-ring (bicyclic) bond motifs is 2. The van der Waals surface area contributed by atoms with Crippen LogP contribution in [0.2, 0.25) is 0 Å². The molecule has 0 saturated carbocycles. The first-order valence-electron chi connectivity index (χ1n) is 10.00. The van der Waals surface area contributed by atoms with Crippen LogP contribution in [-0.4, -0.2) is 32.2 Å². The predicted molar refractivity (Wildman–Crippen MR) is 116 cm³/mol. The third kappa shape index (κ3) is 3.54. The Morgan fingerprint density at radius 1 is 1.23 bits per heavy atom.